The van der Waals surface area contributed by atoms with Gasteiger partial charge in [-0.2, -0.15) is 0 Å². The predicted molar refractivity (Wildman–Crippen MR) is 111 cm³/mol. The van der Waals surface area contributed by atoms with Crippen LogP contribution >= 0.6 is 24.0 Å². The van der Waals surface area contributed by atoms with Crippen molar-refractivity contribution < 1.29 is 13.5 Å². The van der Waals surface area contributed by atoms with Gasteiger partial charge in [0.1, 0.15) is 5.75 Å². The Kier molecular flexibility index (Phi) is 9.93. The van der Waals surface area contributed by atoms with E-state index in [-0.39, 0.29) is 24.0 Å². The highest BCUT2D eigenvalue weighted by atomic mass is 127. The summed E-state index contributed by atoms with van der Waals surface area (Å²) in [6.07, 6.45) is 0.368. The van der Waals surface area contributed by atoms with Crippen LogP contribution in [0.15, 0.2) is 47.5 Å². The fraction of sp³-hybridized carbons (Fsp3) is 0.316. The van der Waals surface area contributed by atoms with E-state index in [9.17, 15) is 8.78 Å². The van der Waals surface area contributed by atoms with Crippen LogP contribution in [0.25, 0.3) is 0 Å². The summed E-state index contributed by atoms with van der Waals surface area (Å²) in [5.74, 6) is -0.201. The predicted octanol–water partition coefficient (Wildman–Crippen LogP) is 3.89. The van der Waals surface area contributed by atoms with Crippen LogP contribution in [0.2, 0.25) is 0 Å². The van der Waals surface area contributed by atoms with E-state index in [0.717, 1.165) is 17.4 Å². The zero-order chi connectivity index (χ0) is 18.1. The molecule has 142 valence electrons. The van der Waals surface area contributed by atoms with Crippen LogP contribution in [0.3, 0.4) is 0 Å². The lowest BCUT2D eigenvalue weighted by molar-refractivity contribution is 0.414. The molecule has 0 aromatic heterocycles. The van der Waals surface area contributed by atoms with Crippen molar-refractivity contribution in [2.24, 2.45) is 4.99 Å². The van der Waals surface area contributed by atoms with E-state index in [4.69, 9.17) is 4.74 Å². The number of nitrogens with zero attached hydrogens (tertiary/aromatic N) is 1. The summed E-state index contributed by atoms with van der Waals surface area (Å²) in [5.41, 5.74) is 1.36. The van der Waals surface area contributed by atoms with Crippen molar-refractivity contribution in [3.05, 3.63) is 65.2 Å². The molecule has 0 atom stereocenters. The summed E-state index contributed by atoms with van der Waals surface area (Å²) in [6, 6.07) is 11.9. The van der Waals surface area contributed by atoms with Gasteiger partial charge in [0.15, 0.2) is 17.6 Å². The molecule has 0 heterocycles. The number of guanidine groups is 1. The second-order valence-electron chi connectivity index (χ2n) is 5.44. The van der Waals surface area contributed by atoms with Crippen molar-refractivity contribution in [3.8, 4) is 5.75 Å². The van der Waals surface area contributed by atoms with Gasteiger partial charge in [-0.05, 0) is 42.7 Å². The highest BCUT2D eigenvalue weighted by molar-refractivity contribution is 14.0. The maximum Gasteiger partial charge on any atom is 0.191 e. The molecule has 0 saturated heterocycles. The molecule has 0 bridgehead atoms. The van der Waals surface area contributed by atoms with Gasteiger partial charge >= 0.3 is 0 Å². The van der Waals surface area contributed by atoms with Gasteiger partial charge in [-0.25, -0.2) is 13.8 Å². The molecule has 4 nitrogen and oxygen atoms in total. The van der Waals surface area contributed by atoms with Crippen LogP contribution in [0.5, 0.6) is 5.75 Å². The van der Waals surface area contributed by atoms with E-state index in [1.54, 1.807) is 13.2 Å². The van der Waals surface area contributed by atoms with Crippen LogP contribution < -0.4 is 15.4 Å². The van der Waals surface area contributed by atoms with E-state index in [1.165, 1.54) is 6.07 Å². The van der Waals surface area contributed by atoms with Crippen molar-refractivity contribution in [3.63, 3.8) is 0 Å². The van der Waals surface area contributed by atoms with Crippen molar-refractivity contribution in [2.75, 3.05) is 20.2 Å². The summed E-state index contributed by atoms with van der Waals surface area (Å²) < 4.78 is 32.1. The smallest absolute Gasteiger partial charge is 0.191 e. The molecule has 26 heavy (non-hydrogen) atoms. The minimum Gasteiger partial charge on any atom is -0.497 e. The van der Waals surface area contributed by atoms with Crippen LogP contribution in [0.1, 0.15) is 18.1 Å². The van der Waals surface area contributed by atoms with Crippen LogP contribution in [-0.2, 0) is 13.0 Å². The molecule has 0 unspecified atom stereocenters. The topological polar surface area (TPSA) is 45.7 Å². The Labute approximate surface area is 170 Å². The molecule has 2 N–H and O–H groups in total. The average molecular weight is 475 g/mol. The Hall–Kier alpha value is -1.90. The standard InChI is InChI=1S/C19H23F2N3O.HI/c1-3-22-19(24-13-14-6-4-8-16(12-14)25-2)23-11-10-15-7-5-9-17(20)18(15)21;/h4-9,12H,3,10-11,13H2,1-2H3,(H2,22,23,24);1H. The second-order valence-corrected chi connectivity index (χ2v) is 5.44. The average Bonchev–Trinajstić information content (AvgIpc) is 2.63. The molecule has 0 saturated carbocycles. The number of hydrogen-bond acceptors (Lipinski definition) is 2. The van der Waals surface area contributed by atoms with Gasteiger partial charge in [0.2, 0.25) is 0 Å². The second kappa shape index (κ2) is 11.7. The minimum atomic E-state index is -0.823. The van der Waals surface area contributed by atoms with Crippen molar-refractivity contribution in [2.45, 2.75) is 19.9 Å². The van der Waals surface area contributed by atoms with Gasteiger partial charge < -0.3 is 15.4 Å². The highest BCUT2D eigenvalue weighted by Crippen LogP contribution is 2.13. The summed E-state index contributed by atoms with van der Waals surface area (Å²) in [7, 11) is 1.62. The Morgan fingerprint density at radius 2 is 1.88 bits per heavy atom. The lowest BCUT2D eigenvalue weighted by atomic mass is 10.1. The van der Waals surface area contributed by atoms with Crippen molar-refractivity contribution in [1.82, 2.24) is 10.6 Å². The molecule has 2 aromatic carbocycles. The van der Waals surface area contributed by atoms with Crippen LogP contribution in [-0.4, -0.2) is 26.2 Å². The largest absolute Gasteiger partial charge is 0.497 e. The van der Waals surface area contributed by atoms with Gasteiger partial charge in [0.05, 0.1) is 13.7 Å². The molecule has 0 fully saturated rings. The zero-order valence-corrected chi connectivity index (χ0v) is 17.2. The first kappa shape index (κ1) is 22.1. The lowest BCUT2D eigenvalue weighted by Gasteiger charge is -2.12. The lowest BCUT2D eigenvalue weighted by Crippen LogP contribution is -2.38. The molecule has 2 rings (SSSR count). The third kappa shape index (κ3) is 6.78. The molecule has 0 aliphatic rings. The summed E-state index contributed by atoms with van der Waals surface area (Å²) in [4.78, 5) is 4.50. The number of benzene rings is 2. The molecule has 0 aliphatic heterocycles. The number of nitrogens with one attached hydrogen (secondary N) is 2. The molecular formula is C19H24F2IN3O. The Balaban J connectivity index is 0.00000338. The van der Waals surface area contributed by atoms with Gasteiger partial charge in [0, 0.05) is 13.1 Å². The van der Waals surface area contributed by atoms with E-state index >= 15 is 0 Å². The molecule has 7 heteroatoms. The normalized spacial score (nSPS) is 10.8. The van der Waals surface area contributed by atoms with Gasteiger partial charge in [-0.3, -0.25) is 0 Å². The number of aliphatic imine (C=N–C) groups is 1. The fourth-order valence-corrected chi connectivity index (χ4v) is 2.34. The maximum atomic E-state index is 13.7. The van der Waals surface area contributed by atoms with Crippen LogP contribution in [0, 0.1) is 11.6 Å². The van der Waals surface area contributed by atoms with Crippen molar-refractivity contribution >= 4 is 29.9 Å². The van der Waals surface area contributed by atoms with Gasteiger partial charge in [-0.1, -0.05) is 24.3 Å². The van der Waals surface area contributed by atoms with Crippen molar-refractivity contribution in [1.29, 1.82) is 0 Å². The number of halogens is 3. The number of ether oxygens (including phenoxy) is 1. The van der Waals surface area contributed by atoms with E-state index in [1.807, 2.05) is 31.2 Å². The van der Waals surface area contributed by atoms with E-state index in [2.05, 4.69) is 15.6 Å². The zero-order valence-electron chi connectivity index (χ0n) is 14.9. The van der Waals surface area contributed by atoms with E-state index in [0.29, 0.717) is 37.6 Å². The first-order valence-electron chi connectivity index (χ1n) is 8.22. The summed E-state index contributed by atoms with van der Waals surface area (Å²) in [5, 5.41) is 6.27. The maximum absolute atomic E-state index is 13.7. The summed E-state index contributed by atoms with van der Waals surface area (Å²) in [6.45, 7) is 3.61. The van der Waals surface area contributed by atoms with Gasteiger partial charge in [-0.15, -0.1) is 24.0 Å². The van der Waals surface area contributed by atoms with E-state index < -0.39 is 11.6 Å². The third-order valence-corrected chi connectivity index (χ3v) is 3.62. The SMILES string of the molecule is CCNC(=NCc1cccc(OC)c1)NCCc1cccc(F)c1F.I. The first-order chi connectivity index (χ1) is 12.1. The Bertz CT molecular complexity index is 726. The third-order valence-electron chi connectivity index (χ3n) is 3.62. The number of methoxy groups -OCH3 is 1. The number of rotatable bonds is 7. The number of hydrogen-bond donors (Lipinski definition) is 2. The first-order valence-corrected chi connectivity index (χ1v) is 8.22. The molecule has 0 radical (unpaired) electrons. The molecular weight excluding hydrogens is 451 g/mol. The minimum absolute atomic E-state index is 0. The quantitative estimate of drug-likeness (QED) is 0.363. The molecule has 0 spiro atoms. The Morgan fingerprint density at radius 1 is 1.12 bits per heavy atom. The fourth-order valence-electron chi connectivity index (χ4n) is 2.34. The highest BCUT2D eigenvalue weighted by Gasteiger charge is 2.07. The monoisotopic (exact) mass is 475 g/mol. The van der Waals surface area contributed by atoms with Gasteiger partial charge in [0.25, 0.3) is 0 Å². The molecule has 0 amide bonds. The van der Waals surface area contributed by atoms with Crippen LogP contribution in [0.4, 0.5) is 8.78 Å². The summed E-state index contributed by atoms with van der Waals surface area (Å²) >= 11 is 0. The molecule has 2 aromatic rings. The Morgan fingerprint density at radius 3 is 2.62 bits per heavy atom. The molecule has 0 aliphatic carbocycles.